The zero-order chi connectivity index (χ0) is 24.6. The Labute approximate surface area is 213 Å². The molecule has 0 saturated heterocycles. The number of aromatic nitrogens is 4. The van der Waals surface area contributed by atoms with Gasteiger partial charge < -0.3 is 15.2 Å². The Morgan fingerprint density at radius 2 is 1.92 bits per heavy atom. The molecule has 0 bridgehead atoms. The number of imidazole rings is 1. The van der Waals surface area contributed by atoms with Crippen LogP contribution in [0.1, 0.15) is 24.6 Å². The minimum atomic E-state index is 0.0927. The van der Waals surface area contributed by atoms with E-state index in [0.29, 0.717) is 29.7 Å². The first kappa shape index (κ1) is 22.9. The Balaban J connectivity index is 1.46. The van der Waals surface area contributed by atoms with Crippen LogP contribution in [0.2, 0.25) is 5.02 Å². The van der Waals surface area contributed by atoms with Crippen LogP contribution in [-0.2, 0) is 9.47 Å². The average Bonchev–Trinajstić information content (AvgIpc) is 3.25. The smallest absolute Gasteiger partial charge is 0.150 e. The number of ether oxygens (including phenoxy) is 2. The monoisotopic (exact) mass is 499 g/mol. The van der Waals surface area contributed by atoms with Gasteiger partial charge in [0.25, 0.3) is 0 Å². The van der Waals surface area contributed by atoms with Gasteiger partial charge in [0, 0.05) is 41.9 Å². The van der Waals surface area contributed by atoms with Crippen molar-refractivity contribution in [2.24, 2.45) is 0 Å². The Morgan fingerprint density at radius 1 is 1.06 bits per heavy atom. The highest BCUT2D eigenvalue weighted by atomic mass is 35.5. The van der Waals surface area contributed by atoms with Crippen molar-refractivity contribution in [2.45, 2.75) is 24.9 Å². The second-order valence-electron chi connectivity index (χ2n) is 9.02. The second kappa shape index (κ2) is 9.50. The van der Waals surface area contributed by atoms with Crippen molar-refractivity contribution in [3.05, 3.63) is 77.8 Å². The van der Waals surface area contributed by atoms with E-state index in [0.717, 1.165) is 51.9 Å². The first-order valence-corrected chi connectivity index (χ1v) is 12.4. The highest BCUT2D eigenvalue weighted by Crippen LogP contribution is 2.42. The van der Waals surface area contributed by atoms with Crippen LogP contribution in [-0.4, -0.2) is 45.8 Å². The number of nitrogen functional groups attached to an aromatic ring is 1. The maximum Gasteiger partial charge on any atom is 0.150 e. The van der Waals surface area contributed by atoms with E-state index in [9.17, 15) is 0 Å². The third-order valence-corrected chi connectivity index (χ3v) is 7.19. The van der Waals surface area contributed by atoms with Crippen LogP contribution in [0.25, 0.3) is 38.9 Å². The topological polar surface area (TPSA) is 87.6 Å². The van der Waals surface area contributed by atoms with Crippen LogP contribution < -0.4 is 5.73 Å². The maximum atomic E-state index is 6.82. The number of halogens is 1. The van der Waals surface area contributed by atoms with Gasteiger partial charge in [-0.05, 0) is 31.0 Å². The van der Waals surface area contributed by atoms with E-state index in [1.165, 1.54) is 0 Å². The molecule has 0 radical (unpaired) electrons. The summed E-state index contributed by atoms with van der Waals surface area (Å²) in [7, 11) is 1.68. The van der Waals surface area contributed by atoms with Gasteiger partial charge in [0.05, 0.1) is 35.6 Å². The summed E-state index contributed by atoms with van der Waals surface area (Å²) >= 11 is 6.82. The van der Waals surface area contributed by atoms with Crippen molar-refractivity contribution in [1.29, 1.82) is 0 Å². The molecule has 1 fully saturated rings. The van der Waals surface area contributed by atoms with Crippen molar-refractivity contribution in [1.82, 2.24) is 19.4 Å². The highest BCUT2D eigenvalue weighted by Gasteiger charge is 2.37. The first-order valence-electron chi connectivity index (χ1n) is 12.0. The van der Waals surface area contributed by atoms with E-state index < -0.39 is 0 Å². The van der Waals surface area contributed by atoms with E-state index >= 15 is 0 Å². The summed E-state index contributed by atoms with van der Waals surface area (Å²) in [5.74, 6) is 1.47. The van der Waals surface area contributed by atoms with Crippen LogP contribution >= 0.6 is 11.6 Å². The maximum absolute atomic E-state index is 6.82. The standard InChI is InChI=1S/C28H26ClN5O2/c1-35-13-14-36-24-10-8-19(24)28-33-25(26-27(30)31-11-12-34(26)28)20-16-23-18(15-21(20)29)7-9-22(32-23)17-5-3-2-4-6-17/h2-7,9,11-12,15-16,19,24H,8,10,13-14H2,1H3,(H2,30,31). The molecule has 182 valence electrons. The molecule has 0 aliphatic heterocycles. The summed E-state index contributed by atoms with van der Waals surface area (Å²) in [6, 6.07) is 18.1. The molecule has 1 aliphatic carbocycles. The summed E-state index contributed by atoms with van der Waals surface area (Å²) in [6.07, 6.45) is 5.68. The highest BCUT2D eigenvalue weighted by molar-refractivity contribution is 6.34. The fourth-order valence-corrected chi connectivity index (χ4v) is 5.14. The van der Waals surface area contributed by atoms with Crippen molar-refractivity contribution in [2.75, 3.05) is 26.1 Å². The van der Waals surface area contributed by atoms with Gasteiger partial charge in [-0.3, -0.25) is 4.40 Å². The van der Waals surface area contributed by atoms with Crippen LogP contribution in [0, 0.1) is 0 Å². The molecule has 5 aromatic rings. The molecule has 3 aromatic heterocycles. The fourth-order valence-electron chi connectivity index (χ4n) is 4.88. The lowest BCUT2D eigenvalue weighted by molar-refractivity contribution is -0.0385. The molecule has 2 unspecified atom stereocenters. The Kier molecular flexibility index (Phi) is 6.05. The Hall–Kier alpha value is -3.52. The molecule has 7 nitrogen and oxygen atoms in total. The molecule has 1 aliphatic rings. The van der Waals surface area contributed by atoms with E-state index in [2.05, 4.69) is 17.1 Å². The molecule has 0 amide bonds. The summed E-state index contributed by atoms with van der Waals surface area (Å²) < 4.78 is 13.2. The molecule has 8 heteroatoms. The third-order valence-electron chi connectivity index (χ3n) is 6.88. The van der Waals surface area contributed by atoms with Gasteiger partial charge in [0.2, 0.25) is 0 Å². The van der Waals surface area contributed by atoms with Crippen LogP contribution in [0.3, 0.4) is 0 Å². The first-order chi connectivity index (χ1) is 17.6. The number of benzene rings is 2. The number of hydrogen-bond donors (Lipinski definition) is 1. The predicted molar refractivity (Wildman–Crippen MR) is 142 cm³/mol. The van der Waals surface area contributed by atoms with Gasteiger partial charge in [-0.1, -0.05) is 48.0 Å². The Bertz CT molecular complexity index is 1550. The Morgan fingerprint density at radius 3 is 2.69 bits per heavy atom. The summed E-state index contributed by atoms with van der Waals surface area (Å²) in [4.78, 5) is 14.4. The predicted octanol–water partition coefficient (Wildman–Crippen LogP) is 5.76. The van der Waals surface area contributed by atoms with Crippen molar-refractivity contribution in [3.63, 3.8) is 0 Å². The van der Waals surface area contributed by atoms with Crippen molar-refractivity contribution < 1.29 is 9.47 Å². The van der Waals surface area contributed by atoms with Crippen LogP contribution in [0.5, 0.6) is 0 Å². The number of fused-ring (bicyclic) bond motifs is 2. The minimum Gasteiger partial charge on any atom is -0.382 e. The van der Waals surface area contributed by atoms with Crippen LogP contribution in [0.15, 0.2) is 67.0 Å². The normalized spacial score (nSPS) is 17.5. The SMILES string of the molecule is COCCOC1CCC1c1nc(-c2cc3nc(-c4ccccc4)ccc3cc2Cl)c2c(N)nccn12. The molecular formula is C28H26ClN5O2. The van der Waals surface area contributed by atoms with Gasteiger partial charge in [-0.25, -0.2) is 15.0 Å². The van der Waals surface area contributed by atoms with Gasteiger partial charge >= 0.3 is 0 Å². The molecule has 2 N–H and O–H groups in total. The van der Waals surface area contributed by atoms with Gasteiger partial charge in [-0.15, -0.1) is 0 Å². The van der Waals surface area contributed by atoms with Crippen molar-refractivity contribution in [3.8, 4) is 22.5 Å². The summed E-state index contributed by atoms with van der Waals surface area (Å²) in [5, 5.41) is 1.55. The quantitative estimate of drug-likeness (QED) is 0.287. The van der Waals surface area contributed by atoms with Gasteiger partial charge in [0.1, 0.15) is 22.9 Å². The minimum absolute atomic E-state index is 0.0927. The molecule has 3 heterocycles. The number of rotatable bonds is 7. The van der Waals surface area contributed by atoms with Crippen LogP contribution in [0.4, 0.5) is 5.82 Å². The zero-order valence-corrected chi connectivity index (χ0v) is 20.7. The molecule has 0 spiro atoms. The molecule has 1 saturated carbocycles. The largest absolute Gasteiger partial charge is 0.382 e. The molecular weight excluding hydrogens is 474 g/mol. The number of nitrogens with zero attached hydrogens (tertiary/aromatic N) is 4. The lowest BCUT2D eigenvalue weighted by Crippen LogP contribution is -2.34. The van der Waals surface area contributed by atoms with Crippen molar-refractivity contribution >= 4 is 33.8 Å². The average molecular weight is 500 g/mol. The number of anilines is 1. The fraction of sp³-hybridized carbons (Fsp3) is 0.250. The summed E-state index contributed by atoms with van der Waals surface area (Å²) in [6.45, 7) is 1.13. The van der Waals surface area contributed by atoms with E-state index in [-0.39, 0.29) is 12.0 Å². The number of hydrogen-bond acceptors (Lipinski definition) is 6. The molecule has 36 heavy (non-hydrogen) atoms. The molecule has 2 aromatic carbocycles. The number of methoxy groups -OCH3 is 1. The molecule has 2 atom stereocenters. The number of nitrogens with two attached hydrogens (primary N) is 1. The lowest BCUT2D eigenvalue weighted by atomic mass is 9.81. The number of pyridine rings is 1. The molecule has 6 rings (SSSR count). The van der Waals surface area contributed by atoms with Gasteiger partial charge in [-0.2, -0.15) is 0 Å². The van der Waals surface area contributed by atoms with E-state index in [1.807, 2.05) is 53.1 Å². The lowest BCUT2D eigenvalue weighted by Gasteiger charge is -2.35. The zero-order valence-electron chi connectivity index (χ0n) is 19.9. The van der Waals surface area contributed by atoms with E-state index in [1.54, 1.807) is 13.3 Å². The van der Waals surface area contributed by atoms with E-state index in [4.69, 9.17) is 36.8 Å². The third kappa shape index (κ3) is 3.99. The second-order valence-corrected chi connectivity index (χ2v) is 9.43. The van der Waals surface area contributed by atoms with Gasteiger partial charge in [0.15, 0.2) is 0 Å². The summed E-state index contributed by atoms with van der Waals surface area (Å²) in [5.41, 5.74) is 11.4.